The molecular weight excluding hydrogens is 326 g/mol. The number of hydrogen-bond acceptors (Lipinski definition) is 4. The number of guanidine groups is 1. The van der Waals surface area contributed by atoms with E-state index < -0.39 is 0 Å². The first-order chi connectivity index (χ1) is 12.4. The van der Waals surface area contributed by atoms with Crippen molar-refractivity contribution in [3.63, 3.8) is 0 Å². The van der Waals surface area contributed by atoms with Gasteiger partial charge in [0.15, 0.2) is 5.96 Å². The fourth-order valence-electron chi connectivity index (χ4n) is 4.06. The summed E-state index contributed by atoms with van der Waals surface area (Å²) in [4.78, 5) is 9.88. The maximum Gasteiger partial charge on any atom is 0.191 e. The quantitative estimate of drug-likeness (QED) is 0.408. The second-order valence-electron chi connectivity index (χ2n) is 8.41. The normalized spacial score (nSPS) is 31.6. The number of hydrogen-bond donors (Lipinski definition) is 2. The van der Waals surface area contributed by atoms with Gasteiger partial charge in [0.1, 0.15) is 0 Å². The molecule has 2 fully saturated rings. The van der Waals surface area contributed by atoms with E-state index in [0.29, 0.717) is 30.2 Å². The zero-order chi connectivity index (χ0) is 19.1. The minimum atomic E-state index is 0.342. The van der Waals surface area contributed by atoms with E-state index in [1.165, 1.54) is 6.54 Å². The van der Waals surface area contributed by atoms with E-state index >= 15 is 0 Å². The van der Waals surface area contributed by atoms with E-state index in [1.807, 2.05) is 0 Å². The molecule has 6 heteroatoms. The lowest BCUT2D eigenvalue weighted by molar-refractivity contribution is -0.0679. The summed E-state index contributed by atoms with van der Waals surface area (Å²) in [5.74, 6) is 1.62. The van der Waals surface area contributed by atoms with Crippen LogP contribution >= 0.6 is 0 Å². The van der Waals surface area contributed by atoms with Crippen molar-refractivity contribution < 1.29 is 4.74 Å². The molecule has 2 aliphatic rings. The molecule has 0 bridgehead atoms. The summed E-state index contributed by atoms with van der Waals surface area (Å²) in [6.45, 7) is 20.6. The standard InChI is InChI=1S/C20H41N5O/c1-7-21-20(23-19-14-25(15(2)3)11-16(19)4)22-9-8-10-24-12-17(5)26-18(6)13-24/h15-19H,7-14H2,1-6H3,(H2,21,22,23). The van der Waals surface area contributed by atoms with E-state index in [2.05, 4.69) is 62.0 Å². The second kappa shape index (κ2) is 10.5. The maximum absolute atomic E-state index is 5.81. The lowest BCUT2D eigenvalue weighted by atomic mass is 10.1. The third kappa shape index (κ3) is 6.71. The largest absolute Gasteiger partial charge is 0.373 e. The molecule has 2 heterocycles. The van der Waals surface area contributed by atoms with Gasteiger partial charge in [-0.2, -0.15) is 0 Å². The van der Waals surface area contributed by atoms with Crippen molar-refractivity contribution in [3.05, 3.63) is 0 Å². The zero-order valence-electron chi connectivity index (χ0n) is 17.8. The number of aliphatic imine (C=N–C) groups is 1. The van der Waals surface area contributed by atoms with Crippen molar-refractivity contribution in [3.8, 4) is 0 Å². The van der Waals surface area contributed by atoms with Crippen LogP contribution in [0.25, 0.3) is 0 Å². The molecule has 4 unspecified atom stereocenters. The molecule has 2 N–H and O–H groups in total. The Kier molecular flexibility index (Phi) is 8.64. The van der Waals surface area contributed by atoms with Crippen molar-refractivity contribution in [2.24, 2.45) is 10.9 Å². The van der Waals surface area contributed by atoms with E-state index in [-0.39, 0.29) is 0 Å². The fourth-order valence-corrected chi connectivity index (χ4v) is 4.06. The molecule has 2 aliphatic heterocycles. The van der Waals surface area contributed by atoms with Crippen LogP contribution in [0.5, 0.6) is 0 Å². The van der Waals surface area contributed by atoms with Gasteiger partial charge in [-0.3, -0.25) is 14.8 Å². The molecule has 26 heavy (non-hydrogen) atoms. The summed E-state index contributed by atoms with van der Waals surface area (Å²) in [7, 11) is 0. The predicted molar refractivity (Wildman–Crippen MR) is 110 cm³/mol. The zero-order valence-corrected chi connectivity index (χ0v) is 17.8. The molecule has 4 atom stereocenters. The summed E-state index contributed by atoms with van der Waals surface area (Å²) < 4.78 is 5.81. The Bertz CT molecular complexity index is 432. The molecular formula is C20H41N5O. The van der Waals surface area contributed by atoms with Gasteiger partial charge in [0.05, 0.1) is 12.2 Å². The second-order valence-corrected chi connectivity index (χ2v) is 8.41. The first kappa shape index (κ1) is 21.5. The Morgan fingerprint density at radius 2 is 1.81 bits per heavy atom. The van der Waals surface area contributed by atoms with Crippen LogP contribution in [0.15, 0.2) is 4.99 Å². The summed E-state index contributed by atoms with van der Waals surface area (Å²) in [6, 6.07) is 1.10. The minimum Gasteiger partial charge on any atom is -0.373 e. The van der Waals surface area contributed by atoms with Crippen LogP contribution in [-0.4, -0.2) is 85.9 Å². The van der Waals surface area contributed by atoms with E-state index in [1.54, 1.807) is 0 Å². The number of nitrogens with zero attached hydrogens (tertiary/aromatic N) is 3. The predicted octanol–water partition coefficient (Wildman–Crippen LogP) is 1.77. The molecule has 2 rings (SSSR count). The Balaban J connectivity index is 1.77. The van der Waals surface area contributed by atoms with E-state index in [9.17, 15) is 0 Å². The Morgan fingerprint density at radius 3 is 2.38 bits per heavy atom. The third-order valence-electron chi connectivity index (χ3n) is 5.43. The Morgan fingerprint density at radius 1 is 1.12 bits per heavy atom. The van der Waals surface area contributed by atoms with Gasteiger partial charge in [0, 0.05) is 57.9 Å². The van der Waals surface area contributed by atoms with Gasteiger partial charge in [-0.05, 0) is 47.0 Å². The van der Waals surface area contributed by atoms with Crippen molar-refractivity contribution in [1.82, 2.24) is 20.4 Å². The molecule has 0 aliphatic carbocycles. The molecule has 152 valence electrons. The van der Waals surface area contributed by atoms with Crippen LogP contribution in [0.4, 0.5) is 0 Å². The molecule has 0 radical (unpaired) electrons. The van der Waals surface area contributed by atoms with E-state index in [0.717, 1.165) is 51.6 Å². The lowest BCUT2D eigenvalue weighted by Crippen LogP contribution is -2.47. The lowest BCUT2D eigenvalue weighted by Gasteiger charge is -2.35. The van der Waals surface area contributed by atoms with Crippen LogP contribution in [0.2, 0.25) is 0 Å². The topological polar surface area (TPSA) is 52.1 Å². The smallest absolute Gasteiger partial charge is 0.191 e. The molecule has 0 amide bonds. The summed E-state index contributed by atoms with van der Waals surface area (Å²) >= 11 is 0. The SMILES string of the molecule is CCNC(=NCCCN1CC(C)OC(C)C1)NC1CN(C(C)C)CC1C. The van der Waals surface area contributed by atoms with Crippen LogP contribution < -0.4 is 10.6 Å². The van der Waals surface area contributed by atoms with Gasteiger partial charge < -0.3 is 15.4 Å². The Labute approximate surface area is 160 Å². The molecule has 0 aromatic carbocycles. The van der Waals surface area contributed by atoms with Crippen molar-refractivity contribution in [1.29, 1.82) is 0 Å². The van der Waals surface area contributed by atoms with Gasteiger partial charge in [0.25, 0.3) is 0 Å². The minimum absolute atomic E-state index is 0.342. The van der Waals surface area contributed by atoms with Gasteiger partial charge in [-0.1, -0.05) is 6.92 Å². The molecule has 0 spiro atoms. The molecule has 0 aromatic heterocycles. The van der Waals surface area contributed by atoms with Crippen LogP contribution in [0.1, 0.15) is 48.0 Å². The first-order valence-corrected chi connectivity index (χ1v) is 10.6. The maximum atomic E-state index is 5.81. The van der Waals surface area contributed by atoms with Crippen molar-refractivity contribution in [2.45, 2.75) is 72.3 Å². The van der Waals surface area contributed by atoms with Gasteiger partial charge >= 0.3 is 0 Å². The molecule has 0 saturated carbocycles. The number of ether oxygens (including phenoxy) is 1. The van der Waals surface area contributed by atoms with Crippen LogP contribution in [-0.2, 0) is 4.74 Å². The Hall–Kier alpha value is -0.850. The van der Waals surface area contributed by atoms with Crippen LogP contribution in [0, 0.1) is 5.92 Å². The summed E-state index contributed by atoms with van der Waals surface area (Å²) in [5, 5.41) is 7.08. The van der Waals surface area contributed by atoms with Crippen molar-refractivity contribution >= 4 is 5.96 Å². The molecule has 6 nitrogen and oxygen atoms in total. The van der Waals surface area contributed by atoms with Gasteiger partial charge in [-0.25, -0.2) is 0 Å². The highest BCUT2D eigenvalue weighted by atomic mass is 16.5. The fraction of sp³-hybridized carbons (Fsp3) is 0.950. The average Bonchev–Trinajstić information content (AvgIpc) is 2.92. The van der Waals surface area contributed by atoms with Crippen LogP contribution in [0.3, 0.4) is 0 Å². The summed E-state index contributed by atoms with van der Waals surface area (Å²) in [6.07, 6.45) is 1.77. The first-order valence-electron chi connectivity index (χ1n) is 10.6. The molecule has 0 aromatic rings. The highest BCUT2D eigenvalue weighted by molar-refractivity contribution is 5.80. The van der Waals surface area contributed by atoms with Gasteiger partial charge in [-0.15, -0.1) is 0 Å². The third-order valence-corrected chi connectivity index (χ3v) is 5.43. The van der Waals surface area contributed by atoms with E-state index in [4.69, 9.17) is 9.73 Å². The highest BCUT2D eigenvalue weighted by Gasteiger charge is 2.31. The number of likely N-dealkylation sites (tertiary alicyclic amines) is 1. The highest BCUT2D eigenvalue weighted by Crippen LogP contribution is 2.18. The monoisotopic (exact) mass is 367 g/mol. The number of rotatable bonds is 7. The number of morpholine rings is 1. The van der Waals surface area contributed by atoms with Gasteiger partial charge in [0.2, 0.25) is 0 Å². The van der Waals surface area contributed by atoms with Crippen molar-refractivity contribution in [2.75, 3.05) is 45.8 Å². The number of nitrogens with one attached hydrogen (secondary N) is 2. The summed E-state index contributed by atoms with van der Waals surface area (Å²) in [5.41, 5.74) is 0. The average molecular weight is 368 g/mol. The molecule has 2 saturated heterocycles.